The van der Waals surface area contributed by atoms with Crippen LogP contribution in [-0.2, 0) is 6.54 Å². The lowest BCUT2D eigenvalue weighted by Gasteiger charge is -2.00. The van der Waals surface area contributed by atoms with E-state index in [1.165, 1.54) is 0 Å². The molecule has 3 N–H and O–H groups in total. The first-order chi connectivity index (χ1) is 6.40. The maximum Gasteiger partial charge on any atom is 0.0650 e. The van der Waals surface area contributed by atoms with Crippen LogP contribution in [0.2, 0.25) is 0 Å². The molecule has 0 aliphatic heterocycles. The average molecular weight is 173 g/mol. The van der Waals surface area contributed by atoms with Crippen LogP contribution in [-0.4, -0.2) is 10.2 Å². The van der Waals surface area contributed by atoms with Gasteiger partial charge in [0, 0.05) is 12.7 Å². The molecular formula is C10H11N3. The summed E-state index contributed by atoms with van der Waals surface area (Å²) >= 11 is 0. The summed E-state index contributed by atoms with van der Waals surface area (Å²) in [6, 6.07) is 10.0. The largest absolute Gasteiger partial charge is 0.326 e. The van der Waals surface area contributed by atoms with E-state index in [2.05, 4.69) is 16.3 Å². The predicted octanol–water partition coefficient (Wildman–Crippen LogP) is 1.54. The molecule has 0 fully saturated rings. The van der Waals surface area contributed by atoms with Gasteiger partial charge in [-0.3, -0.25) is 5.10 Å². The molecule has 0 saturated carbocycles. The summed E-state index contributed by atoms with van der Waals surface area (Å²) in [5.74, 6) is 0. The predicted molar refractivity (Wildman–Crippen MR) is 51.9 cm³/mol. The Morgan fingerprint density at radius 1 is 1.31 bits per heavy atom. The lowest BCUT2D eigenvalue weighted by molar-refractivity contribution is 1.07. The first kappa shape index (κ1) is 8.01. The SMILES string of the molecule is NCc1cccc(-c2ccn[nH]2)c1. The highest BCUT2D eigenvalue weighted by Gasteiger charge is 1.98. The number of hydrogen-bond donors (Lipinski definition) is 2. The van der Waals surface area contributed by atoms with Crippen LogP contribution in [0.15, 0.2) is 36.5 Å². The highest BCUT2D eigenvalue weighted by atomic mass is 15.1. The van der Waals surface area contributed by atoms with Gasteiger partial charge in [-0.25, -0.2) is 0 Å². The van der Waals surface area contributed by atoms with Crippen molar-refractivity contribution < 1.29 is 0 Å². The number of aromatic nitrogens is 2. The maximum absolute atomic E-state index is 5.55. The summed E-state index contributed by atoms with van der Waals surface area (Å²) in [5, 5.41) is 6.81. The Bertz CT molecular complexity index is 379. The zero-order valence-corrected chi connectivity index (χ0v) is 7.20. The summed E-state index contributed by atoms with van der Waals surface area (Å²) in [6.45, 7) is 0.571. The van der Waals surface area contributed by atoms with Crippen LogP contribution >= 0.6 is 0 Å². The van der Waals surface area contributed by atoms with Gasteiger partial charge in [-0.1, -0.05) is 18.2 Å². The average Bonchev–Trinajstić information content (AvgIpc) is 2.71. The molecule has 1 aromatic carbocycles. The maximum atomic E-state index is 5.55. The molecule has 0 unspecified atom stereocenters. The number of rotatable bonds is 2. The Morgan fingerprint density at radius 2 is 2.23 bits per heavy atom. The molecule has 3 heteroatoms. The van der Waals surface area contributed by atoms with E-state index in [0.29, 0.717) is 6.54 Å². The quantitative estimate of drug-likeness (QED) is 0.723. The Kier molecular flexibility index (Phi) is 2.10. The van der Waals surface area contributed by atoms with E-state index in [1.807, 2.05) is 24.3 Å². The molecule has 2 rings (SSSR count). The lowest BCUT2D eigenvalue weighted by Crippen LogP contribution is -1.95. The van der Waals surface area contributed by atoms with Crippen molar-refractivity contribution in [2.45, 2.75) is 6.54 Å². The normalized spacial score (nSPS) is 10.2. The standard InChI is InChI=1S/C10H11N3/c11-7-8-2-1-3-9(6-8)10-4-5-12-13-10/h1-6H,7,11H2,(H,12,13). The number of nitrogens with one attached hydrogen (secondary N) is 1. The lowest BCUT2D eigenvalue weighted by atomic mass is 10.1. The fourth-order valence-corrected chi connectivity index (χ4v) is 1.28. The minimum absolute atomic E-state index is 0.571. The highest BCUT2D eigenvalue weighted by molar-refractivity contribution is 5.59. The second-order valence-corrected chi connectivity index (χ2v) is 2.87. The number of aromatic amines is 1. The first-order valence-electron chi connectivity index (χ1n) is 4.19. The number of hydrogen-bond acceptors (Lipinski definition) is 2. The summed E-state index contributed by atoms with van der Waals surface area (Å²) < 4.78 is 0. The molecule has 0 spiro atoms. The highest BCUT2D eigenvalue weighted by Crippen LogP contribution is 2.16. The molecule has 2 aromatic rings. The van der Waals surface area contributed by atoms with Crippen molar-refractivity contribution >= 4 is 0 Å². The number of nitrogens with two attached hydrogens (primary N) is 1. The summed E-state index contributed by atoms with van der Waals surface area (Å²) in [6.07, 6.45) is 1.74. The van der Waals surface area contributed by atoms with E-state index >= 15 is 0 Å². The topological polar surface area (TPSA) is 54.7 Å². The van der Waals surface area contributed by atoms with Crippen molar-refractivity contribution in [3.8, 4) is 11.3 Å². The van der Waals surface area contributed by atoms with Crippen LogP contribution in [0, 0.1) is 0 Å². The number of H-pyrrole nitrogens is 1. The van der Waals surface area contributed by atoms with E-state index in [1.54, 1.807) is 6.20 Å². The minimum Gasteiger partial charge on any atom is -0.326 e. The van der Waals surface area contributed by atoms with Gasteiger partial charge >= 0.3 is 0 Å². The second-order valence-electron chi connectivity index (χ2n) is 2.87. The summed E-state index contributed by atoms with van der Waals surface area (Å²) in [7, 11) is 0. The molecule has 1 aromatic heterocycles. The number of benzene rings is 1. The van der Waals surface area contributed by atoms with Gasteiger partial charge in [0.2, 0.25) is 0 Å². The molecule has 0 saturated heterocycles. The van der Waals surface area contributed by atoms with Gasteiger partial charge in [-0.05, 0) is 23.3 Å². The van der Waals surface area contributed by atoms with E-state index in [9.17, 15) is 0 Å². The zero-order chi connectivity index (χ0) is 9.10. The van der Waals surface area contributed by atoms with Crippen LogP contribution in [0.25, 0.3) is 11.3 Å². The van der Waals surface area contributed by atoms with Crippen molar-refractivity contribution in [1.82, 2.24) is 10.2 Å². The smallest absolute Gasteiger partial charge is 0.0650 e. The van der Waals surface area contributed by atoms with Gasteiger partial charge < -0.3 is 5.73 Å². The Morgan fingerprint density at radius 3 is 2.92 bits per heavy atom. The monoisotopic (exact) mass is 173 g/mol. The molecule has 0 aliphatic carbocycles. The van der Waals surface area contributed by atoms with Crippen molar-refractivity contribution in [3.63, 3.8) is 0 Å². The third-order valence-corrected chi connectivity index (χ3v) is 1.97. The molecule has 0 atom stereocenters. The van der Waals surface area contributed by atoms with Crippen molar-refractivity contribution in [2.24, 2.45) is 5.73 Å². The van der Waals surface area contributed by atoms with Crippen LogP contribution in [0.5, 0.6) is 0 Å². The molecule has 0 bridgehead atoms. The van der Waals surface area contributed by atoms with Gasteiger partial charge in [-0.2, -0.15) is 5.10 Å². The van der Waals surface area contributed by atoms with Crippen LogP contribution in [0.1, 0.15) is 5.56 Å². The molecular weight excluding hydrogens is 162 g/mol. The molecule has 1 heterocycles. The van der Waals surface area contributed by atoms with Gasteiger partial charge in [-0.15, -0.1) is 0 Å². The Labute approximate surface area is 76.6 Å². The third kappa shape index (κ3) is 1.60. The first-order valence-corrected chi connectivity index (χ1v) is 4.19. The fourth-order valence-electron chi connectivity index (χ4n) is 1.28. The second kappa shape index (κ2) is 3.41. The Hall–Kier alpha value is -1.61. The van der Waals surface area contributed by atoms with E-state index < -0.39 is 0 Å². The van der Waals surface area contributed by atoms with E-state index in [0.717, 1.165) is 16.8 Å². The zero-order valence-electron chi connectivity index (χ0n) is 7.20. The fraction of sp³-hybridized carbons (Fsp3) is 0.100. The molecule has 66 valence electrons. The molecule has 0 amide bonds. The van der Waals surface area contributed by atoms with Crippen molar-refractivity contribution in [1.29, 1.82) is 0 Å². The van der Waals surface area contributed by atoms with Crippen molar-refractivity contribution in [3.05, 3.63) is 42.1 Å². The van der Waals surface area contributed by atoms with E-state index in [-0.39, 0.29) is 0 Å². The van der Waals surface area contributed by atoms with Crippen molar-refractivity contribution in [2.75, 3.05) is 0 Å². The molecule has 0 aliphatic rings. The van der Waals surface area contributed by atoms with Gasteiger partial charge in [0.05, 0.1) is 5.69 Å². The molecule has 13 heavy (non-hydrogen) atoms. The summed E-state index contributed by atoms with van der Waals surface area (Å²) in [5.41, 5.74) is 8.83. The van der Waals surface area contributed by atoms with Gasteiger partial charge in [0.15, 0.2) is 0 Å². The van der Waals surface area contributed by atoms with Gasteiger partial charge in [0.1, 0.15) is 0 Å². The number of nitrogens with zero attached hydrogens (tertiary/aromatic N) is 1. The van der Waals surface area contributed by atoms with Crippen LogP contribution in [0.4, 0.5) is 0 Å². The summed E-state index contributed by atoms with van der Waals surface area (Å²) in [4.78, 5) is 0. The van der Waals surface area contributed by atoms with Crippen LogP contribution in [0.3, 0.4) is 0 Å². The van der Waals surface area contributed by atoms with Crippen LogP contribution < -0.4 is 5.73 Å². The Balaban J connectivity index is 2.41. The third-order valence-electron chi connectivity index (χ3n) is 1.97. The minimum atomic E-state index is 0.571. The van der Waals surface area contributed by atoms with E-state index in [4.69, 9.17) is 5.73 Å². The molecule has 3 nitrogen and oxygen atoms in total. The molecule has 0 radical (unpaired) electrons. The van der Waals surface area contributed by atoms with Gasteiger partial charge in [0.25, 0.3) is 0 Å².